The lowest BCUT2D eigenvalue weighted by Crippen LogP contribution is -2.64. The molecule has 5 N–H and O–H groups in total. The maximum atomic E-state index is 15.3. The Morgan fingerprint density at radius 2 is 0.936 bits per heavy atom. The van der Waals surface area contributed by atoms with Crippen LogP contribution in [0.5, 0.6) is 0 Å². The maximum absolute atomic E-state index is 15.3. The summed E-state index contributed by atoms with van der Waals surface area (Å²) in [6, 6.07) is -14.1. The molecule has 26 nitrogen and oxygen atoms in total. The van der Waals surface area contributed by atoms with E-state index in [0.29, 0.717) is 32.6 Å². The molecule has 2 aliphatic heterocycles. The van der Waals surface area contributed by atoms with E-state index in [2.05, 4.69) is 26.2 Å². The van der Waals surface area contributed by atoms with Gasteiger partial charge in [0.2, 0.25) is 70.9 Å². The molecule has 0 radical (unpaired) electrons. The topological polar surface area (TPSA) is 302 Å². The fraction of sp³-hybridized carbons (Fsp3) is 0.794. The Morgan fingerprint density at radius 3 is 1.40 bits per heavy atom. The molecule has 2 saturated heterocycles. The quantitative estimate of drug-likeness (QED) is 0.139. The Morgan fingerprint density at radius 1 is 0.489 bits per heavy atom. The fourth-order valence-electron chi connectivity index (χ4n) is 12.6. The molecule has 2 unspecified atom stereocenters. The van der Waals surface area contributed by atoms with Crippen LogP contribution in [0.15, 0.2) is 12.2 Å². The Kier molecular flexibility index (Phi) is 33.3. The third-order valence-corrected chi connectivity index (χ3v) is 18.7. The molecule has 2 heterocycles. The van der Waals surface area contributed by atoms with E-state index in [-0.39, 0.29) is 55.9 Å². The lowest BCUT2D eigenvalue weighted by molar-refractivity contribution is -0.157. The van der Waals surface area contributed by atoms with Gasteiger partial charge >= 0.3 is 0 Å². The van der Waals surface area contributed by atoms with E-state index in [1.165, 1.54) is 102 Å². The normalized spacial score (nSPS) is 27.7. The van der Waals surface area contributed by atoms with Gasteiger partial charge in [-0.15, -0.1) is 0 Å². The zero-order valence-electron chi connectivity index (χ0n) is 61.6. The van der Waals surface area contributed by atoms with Crippen LogP contribution in [0, 0.1) is 41.4 Å². The van der Waals surface area contributed by atoms with E-state index < -0.39 is 161 Å². The first-order chi connectivity index (χ1) is 43.5. The van der Waals surface area contributed by atoms with E-state index >= 15 is 28.8 Å². The third-order valence-electron chi connectivity index (χ3n) is 18.7. The molecule has 0 aliphatic carbocycles. The van der Waals surface area contributed by atoms with Gasteiger partial charge in [0.1, 0.15) is 66.5 Å². The number of allylic oxidation sites excluding steroid dienone is 2. The molecule has 0 saturated carbocycles. The average Bonchev–Trinajstić information content (AvgIpc) is 0.812. The molecular weight excluding hydrogens is 1210 g/mol. The second-order valence-electron chi connectivity index (χ2n) is 28.6. The number of piperazine rings is 1. The fourth-order valence-corrected chi connectivity index (χ4v) is 12.6. The molecule has 94 heavy (non-hydrogen) atoms. The Labute approximate surface area is 561 Å². The van der Waals surface area contributed by atoms with Crippen LogP contribution in [-0.4, -0.2) is 275 Å². The molecule has 0 bridgehead atoms. The van der Waals surface area contributed by atoms with Crippen LogP contribution in [0.1, 0.15) is 157 Å². The van der Waals surface area contributed by atoms with Crippen LogP contribution in [0.25, 0.3) is 0 Å². The van der Waals surface area contributed by atoms with Crippen molar-refractivity contribution in [3.8, 4) is 0 Å². The largest absolute Gasteiger partial charge is 0.390 e. The van der Waals surface area contributed by atoms with E-state index in [1.807, 2.05) is 41.5 Å². The molecule has 26 heteroatoms. The molecule has 0 aromatic carbocycles. The highest BCUT2D eigenvalue weighted by Gasteiger charge is 2.47. The highest BCUT2D eigenvalue weighted by Crippen LogP contribution is 2.26. The summed E-state index contributed by atoms with van der Waals surface area (Å²) >= 11 is 0. The van der Waals surface area contributed by atoms with Gasteiger partial charge in [0.15, 0.2) is 0 Å². The Hall–Kier alpha value is -6.70. The van der Waals surface area contributed by atoms with Crippen LogP contribution < -0.4 is 21.3 Å². The van der Waals surface area contributed by atoms with Crippen LogP contribution in [0.3, 0.4) is 0 Å². The average molecular weight is 1330 g/mol. The molecule has 0 spiro atoms. The van der Waals surface area contributed by atoms with Gasteiger partial charge in [-0.25, -0.2) is 0 Å². The van der Waals surface area contributed by atoms with Crippen molar-refractivity contribution in [2.75, 3.05) is 82.1 Å². The Bertz CT molecular complexity index is 2640. The van der Waals surface area contributed by atoms with E-state index in [4.69, 9.17) is 0 Å². The number of nitrogens with zero attached hydrogens (tertiary/aromatic N) is 9. The minimum atomic E-state index is -1.64. The van der Waals surface area contributed by atoms with Gasteiger partial charge < -0.3 is 65.6 Å². The highest BCUT2D eigenvalue weighted by atomic mass is 16.3. The zero-order chi connectivity index (χ0) is 72.4. The van der Waals surface area contributed by atoms with Gasteiger partial charge in [-0.1, -0.05) is 102 Å². The molecule has 2 rings (SSSR count). The SMILES string of the molecule is C/C=C/C[C@@H](C)[C@@H](O)[C@H]1C(=O)N[C@@H](CC)C(=O)N(C)[C@H](C)C(=O)N(C)[C@@H]([C@H](C)CN2CCN(C(C)=O)CC2)C(=O)NC(C(C)C)C(=O)N(C)[C@@H](CC(C)C)C(=O)N[C@@H](C)C(=O)N[C@H](C)C(=O)N(C)[C@@H](CC(C)C)C(=O)N(C)[C@@H](CC(C)C)C(=O)N(C)C(C(C)C)C(=O)N1C. The van der Waals surface area contributed by atoms with E-state index in [9.17, 15) is 33.9 Å². The summed E-state index contributed by atoms with van der Waals surface area (Å²) in [7, 11) is 9.93. The molecule has 2 aliphatic rings. The Balaban J connectivity index is 3.06. The minimum Gasteiger partial charge on any atom is -0.390 e. The minimum absolute atomic E-state index is 0.0116. The van der Waals surface area contributed by atoms with Crippen molar-refractivity contribution in [3.05, 3.63) is 12.2 Å². The van der Waals surface area contributed by atoms with Crippen LogP contribution in [0.4, 0.5) is 0 Å². The van der Waals surface area contributed by atoms with Gasteiger partial charge in [-0.05, 0) is 101 Å². The van der Waals surface area contributed by atoms with Gasteiger partial charge in [0, 0.05) is 89.0 Å². The molecule has 0 aromatic heterocycles. The first kappa shape index (κ1) is 83.4. The van der Waals surface area contributed by atoms with Gasteiger partial charge in [-0.3, -0.25) is 62.4 Å². The molecule has 14 atom stereocenters. The molecular formula is C68H121N13O13. The smallest absolute Gasteiger partial charge is 0.246 e. The van der Waals surface area contributed by atoms with Gasteiger partial charge in [0.05, 0.1) is 6.10 Å². The molecule has 2 fully saturated rings. The predicted molar refractivity (Wildman–Crippen MR) is 361 cm³/mol. The van der Waals surface area contributed by atoms with Crippen molar-refractivity contribution in [1.82, 2.24) is 65.4 Å². The number of hydrogen-bond donors (Lipinski definition) is 5. The van der Waals surface area contributed by atoms with E-state index in [1.54, 1.807) is 72.4 Å². The monoisotopic (exact) mass is 1330 g/mol. The summed E-state index contributed by atoms with van der Waals surface area (Å²) in [5.41, 5.74) is 0. The zero-order valence-corrected chi connectivity index (χ0v) is 61.6. The predicted octanol–water partition coefficient (Wildman–Crippen LogP) is 2.41. The number of hydrogen-bond acceptors (Lipinski definition) is 14. The number of likely N-dealkylation sites (N-methyl/N-ethyl adjacent to an activating group) is 7. The number of carbonyl (C=O) groups excluding carboxylic acids is 12. The van der Waals surface area contributed by atoms with Crippen molar-refractivity contribution in [1.29, 1.82) is 0 Å². The second-order valence-corrected chi connectivity index (χ2v) is 28.6. The number of rotatable bonds is 16. The van der Waals surface area contributed by atoms with Gasteiger partial charge in [-0.2, -0.15) is 0 Å². The summed E-state index contributed by atoms with van der Waals surface area (Å²) < 4.78 is 0. The standard InChI is InChI=1S/C68H121N13O13/c1-26-28-29-43(13)57(83)56-61(87)71-49(27-2)64(90)73(19)47(17)63(89)78(24)55(44(14)37-80-30-32-81(33-31-80)48(18)82)60(86)72-53(41(9)10)67(93)74(20)50(34-38(3)4)59(85)69-45(15)58(84)70-46(16)62(88)75(21)51(35-39(5)6)65(91)76(22)52(36-40(7)8)66(92)77(23)54(42(11)12)68(94)79(56)25/h26,28,38-47,49-57,83H,27,29-37H2,1-25H3,(H,69,85)(H,70,84)(H,71,87)(H,72,86)/b28-26+/t43-,44-,45+,46-,47-,49+,50+,51+,52+,53?,54?,55+,56+,57-/m1/s1. The van der Waals surface area contributed by atoms with Crippen molar-refractivity contribution in [2.45, 2.75) is 229 Å². The number of aliphatic hydroxyl groups excluding tert-OH is 1. The highest BCUT2D eigenvalue weighted by molar-refractivity contribution is 6.00. The lowest BCUT2D eigenvalue weighted by Gasteiger charge is -2.41. The summed E-state index contributed by atoms with van der Waals surface area (Å²) in [5.74, 6) is -10.7. The van der Waals surface area contributed by atoms with Crippen LogP contribution in [-0.2, 0) is 57.5 Å². The van der Waals surface area contributed by atoms with Crippen LogP contribution >= 0.6 is 0 Å². The summed E-state index contributed by atoms with van der Waals surface area (Å²) in [4.78, 5) is 188. The number of carbonyl (C=O) groups is 12. The lowest BCUT2D eigenvalue weighted by atomic mass is 9.91. The molecule has 536 valence electrons. The summed E-state index contributed by atoms with van der Waals surface area (Å²) in [5, 5.41) is 23.4. The van der Waals surface area contributed by atoms with E-state index in [0.717, 1.165) is 9.80 Å². The maximum Gasteiger partial charge on any atom is 0.246 e. The van der Waals surface area contributed by atoms with Crippen LogP contribution in [0.2, 0.25) is 0 Å². The molecule has 0 aromatic rings. The number of nitrogens with one attached hydrogen (secondary N) is 4. The molecule has 12 amide bonds. The number of aliphatic hydroxyl groups is 1. The first-order valence-electron chi connectivity index (χ1n) is 33.9. The van der Waals surface area contributed by atoms with Crippen molar-refractivity contribution in [3.63, 3.8) is 0 Å². The first-order valence-corrected chi connectivity index (χ1v) is 33.9. The van der Waals surface area contributed by atoms with Crippen molar-refractivity contribution in [2.24, 2.45) is 41.4 Å². The second kappa shape index (κ2) is 37.6. The number of amides is 12. The van der Waals surface area contributed by atoms with Crippen molar-refractivity contribution < 1.29 is 62.6 Å². The third kappa shape index (κ3) is 22.2. The summed E-state index contributed by atoms with van der Waals surface area (Å²) in [6.45, 7) is 33.0. The van der Waals surface area contributed by atoms with Crippen molar-refractivity contribution >= 4 is 70.9 Å². The summed E-state index contributed by atoms with van der Waals surface area (Å²) in [6.07, 6.45) is 2.75. The van der Waals surface area contributed by atoms with Gasteiger partial charge in [0.25, 0.3) is 0 Å².